The number of hydrogen-bond acceptors (Lipinski definition) is 6. The number of anilines is 1. The van der Waals surface area contributed by atoms with Crippen LogP contribution in [0.5, 0.6) is 0 Å². The third-order valence-electron chi connectivity index (χ3n) is 4.86. The fourth-order valence-electron chi connectivity index (χ4n) is 3.86. The van der Waals surface area contributed by atoms with Crippen molar-refractivity contribution in [1.82, 2.24) is 0 Å². The zero-order chi connectivity index (χ0) is 18.0. The van der Waals surface area contributed by atoms with E-state index in [2.05, 4.69) is 5.32 Å². The number of sulfone groups is 1. The molecule has 3 aliphatic heterocycles. The maximum Gasteiger partial charge on any atom is 0.245 e. The molecule has 0 radical (unpaired) electrons. The Bertz CT molecular complexity index is 1050. The number of nitrogens with one attached hydrogen (secondary N) is 1. The van der Waals surface area contributed by atoms with Crippen molar-refractivity contribution in [3.63, 3.8) is 0 Å². The number of nitrogens with zero attached hydrogens (tertiary/aromatic N) is 1. The number of nitriles is 1. The summed E-state index contributed by atoms with van der Waals surface area (Å²) in [6, 6.07) is 7.15. The summed E-state index contributed by atoms with van der Waals surface area (Å²) in [6.45, 7) is 1.83. The third-order valence-corrected chi connectivity index (χ3v) is 6.84. The summed E-state index contributed by atoms with van der Waals surface area (Å²) in [5.41, 5.74) is 5.72. The molecule has 1 atom stereocenters. The fourth-order valence-corrected chi connectivity index (χ4v) is 5.85. The number of fused-ring (bicyclic) bond motifs is 3. The largest absolute Gasteiger partial charge is 0.444 e. The Balaban J connectivity index is 2.18. The number of amides is 1. The first-order chi connectivity index (χ1) is 11.8. The first-order valence-electron chi connectivity index (χ1n) is 7.79. The lowest BCUT2D eigenvalue weighted by molar-refractivity contribution is -0.118. The first kappa shape index (κ1) is 15.7. The summed E-state index contributed by atoms with van der Waals surface area (Å²) in [5.74, 6) is -0.742. The molecule has 3 N–H and O–H groups in total. The van der Waals surface area contributed by atoms with Gasteiger partial charge < -0.3 is 15.8 Å². The molecule has 0 unspecified atom stereocenters. The molecule has 0 fully saturated rings. The SMILES string of the molecule is Cc1ccc2c(c1)[C@@]1(C(=O)N2)C(C#N)=C(N)OC2=C1S(=O)(=O)CCC2. The average molecular weight is 357 g/mol. The Morgan fingerprint density at radius 3 is 2.88 bits per heavy atom. The van der Waals surface area contributed by atoms with Crippen LogP contribution in [-0.4, -0.2) is 20.1 Å². The number of hydrogen-bond donors (Lipinski definition) is 2. The minimum Gasteiger partial charge on any atom is -0.444 e. The van der Waals surface area contributed by atoms with Crippen LogP contribution in [0.25, 0.3) is 0 Å². The second-order valence-corrected chi connectivity index (χ2v) is 8.43. The van der Waals surface area contributed by atoms with E-state index in [9.17, 15) is 18.5 Å². The van der Waals surface area contributed by atoms with Crippen LogP contribution in [0.2, 0.25) is 0 Å². The number of carbonyl (C=O) groups excluding carboxylic acids is 1. The van der Waals surface area contributed by atoms with E-state index in [1.54, 1.807) is 18.2 Å². The van der Waals surface area contributed by atoms with Gasteiger partial charge in [-0.15, -0.1) is 0 Å². The highest BCUT2D eigenvalue weighted by Crippen LogP contribution is 2.55. The second kappa shape index (κ2) is 4.86. The lowest BCUT2D eigenvalue weighted by Gasteiger charge is -2.37. The van der Waals surface area contributed by atoms with E-state index in [1.165, 1.54) is 0 Å². The lowest BCUT2D eigenvalue weighted by atomic mass is 9.73. The van der Waals surface area contributed by atoms with E-state index in [0.29, 0.717) is 24.1 Å². The molecule has 8 heteroatoms. The molecule has 1 spiro atoms. The lowest BCUT2D eigenvalue weighted by Crippen LogP contribution is -2.47. The van der Waals surface area contributed by atoms with Crippen LogP contribution in [0.1, 0.15) is 24.0 Å². The van der Waals surface area contributed by atoms with Crippen LogP contribution in [0, 0.1) is 18.3 Å². The molecule has 0 bridgehead atoms. The summed E-state index contributed by atoms with van der Waals surface area (Å²) in [5, 5.41) is 12.4. The maximum atomic E-state index is 13.1. The molecular weight excluding hydrogens is 342 g/mol. The number of allylic oxidation sites excluding steroid dienone is 1. The smallest absolute Gasteiger partial charge is 0.245 e. The van der Waals surface area contributed by atoms with Crippen molar-refractivity contribution in [3.8, 4) is 6.07 Å². The van der Waals surface area contributed by atoms with Gasteiger partial charge in [0, 0.05) is 17.7 Å². The van der Waals surface area contributed by atoms with Gasteiger partial charge in [-0.3, -0.25) is 4.79 Å². The predicted octanol–water partition coefficient (Wildman–Crippen LogP) is 1.33. The molecule has 7 nitrogen and oxygen atoms in total. The summed E-state index contributed by atoms with van der Waals surface area (Å²) < 4.78 is 31.3. The number of rotatable bonds is 0. The van der Waals surface area contributed by atoms with Crippen LogP contribution in [0.15, 0.2) is 40.3 Å². The van der Waals surface area contributed by atoms with Gasteiger partial charge in [-0.05, 0) is 19.4 Å². The predicted molar refractivity (Wildman–Crippen MR) is 89.4 cm³/mol. The Hall–Kier alpha value is -2.79. The zero-order valence-corrected chi connectivity index (χ0v) is 14.2. The van der Waals surface area contributed by atoms with E-state index in [0.717, 1.165) is 5.56 Å². The van der Waals surface area contributed by atoms with Crippen molar-refractivity contribution < 1.29 is 17.9 Å². The maximum absolute atomic E-state index is 13.1. The monoisotopic (exact) mass is 357 g/mol. The van der Waals surface area contributed by atoms with Gasteiger partial charge in [-0.1, -0.05) is 17.7 Å². The average Bonchev–Trinajstić information content (AvgIpc) is 2.80. The molecule has 1 amide bonds. The number of benzene rings is 1. The fraction of sp³-hybridized carbons (Fsp3) is 0.294. The second-order valence-electron chi connectivity index (χ2n) is 6.38. The molecule has 4 rings (SSSR count). The Morgan fingerprint density at radius 2 is 2.16 bits per heavy atom. The number of aryl methyl sites for hydroxylation is 1. The summed E-state index contributed by atoms with van der Waals surface area (Å²) in [6.07, 6.45) is 0.735. The standard InChI is InChI=1S/C17H15N3O4S/c1-9-4-5-12-10(7-9)17(16(21)20-12)11(8-18)15(19)24-13-3-2-6-25(22,23)14(13)17/h4-5,7H,2-3,6,19H2,1H3,(H,20,21)/t17-/m1/s1. The van der Waals surface area contributed by atoms with Gasteiger partial charge in [-0.25, -0.2) is 8.42 Å². The first-order valence-corrected chi connectivity index (χ1v) is 9.44. The molecule has 1 aromatic rings. The Labute approximate surface area is 144 Å². The summed E-state index contributed by atoms with van der Waals surface area (Å²) >= 11 is 0. The molecule has 1 aromatic carbocycles. The highest BCUT2D eigenvalue weighted by Gasteiger charge is 2.61. The highest BCUT2D eigenvalue weighted by atomic mass is 32.2. The molecule has 128 valence electrons. The number of ether oxygens (including phenoxy) is 1. The van der Waals surface area contributed by atoms with Crippen molar-refractivity contribution in [2.24, 2.45) is 5.73 Å². The van der Waals surface area contributed by atoms with Gasteiger partial charge in [0.25, 0.3) is 0 Å². The molecule has 0 saturated heterocycles. The normalized spacial score (nSPS) is 26.6. The summed E-state index contributed by atoms with van der Waals surface area (Å²) in [4.78, 5) is 12.9. The minimum absolute atomic E-state index is 0.0933. The van der Waals surface area contributed by atoms with Gasteiger partial charge in [0.15, 0.2) is 15.3 Å². The molecule has 0 aliphatic carbocycles. The molecule has 0 saturated carbocycles. The van der Waals surface area contributed by atoms with Crippen molar-refractivity contribution >= 4 is 21.4 Å². The van der Waals surface area contributed by atoms with E-state index in [-0.39, 0.29) is 27.9 Å². The molecule has 0 aromatic heterocycles. The van der Waals surface area contributed by atoms with Gasteiger partial charge in [0.05, 0.1) is 5.75 Å². The van der Waals surface area contributed by atoms with E-state index < -0.39 is 21.2 Å². The van der Waals surface area contributed by atoms with Crippen LogP contribution in [0.4, 0.5) is 5.69 Å². The molecule has 3 heterocycles. The Kier molecular flexibility index (Phi) is 3.06. The number of nitrogens with two attached hydrogens (primary N) is 1. The summed E-state index contributed by atoms with van der Waals surface area (Å²) in [7, 11) is -3.78. The van der Waals surface area contributed by atoms with Gasteiger partial charge >= 0.3 is 0 Å². The van der Waals surface area contributed by atoms with Gasteiger partial charge in [0.1, 0.15) is 22.3 Å². The third kappa shape index (κ3) is 1.84. The van der Waals surface area contributed by atoms with Gasteiger partial charge in [-0.2, -0.15) is 5.26 Å². The van der Waals surface area contributed by atoms with E-state index >= 15 is 0 Å². The van der Waals surface area contributed by atoms with Crippen LogP contribution < -0.4 is 11.1 Å². The van der Waals surface area contributed by atoms with Crippen LogP contribution in [-0.2, 0) is 24.8 Å². The van der Waals surface area contributed by atoms with Crippen molar-refractivity contribution in [2.45, 2.75) is 25.2 Å². The van der Waals surface area contributed by atoms with E-state index in [4.69, 9.17) is 10.5 Å². The van der Waals surface area contributed by atoms with Crippen LogP contribution in [0.3, 0.4) is 0 Å². The quantitative estimate of drug-likeness (QED) is 0.722. The van der Waals surface area contributed by atoms with Crippen molar-refractivity contribution in [1.29, 1.82) is 5.26 Å². The Morgan fingerprint density at radius 1 is 1.40 bits per heavy atom. The van der Waals surface area contributed by atoms with Crippen molar-refractivity contribution in [2.75, 3.05) is 11.1 Å². The van der Waals surface area contributed by atoms with E-state index in [1.807, 2.05) is 13.0 Å². The van der Waals surface area contributed by atoms with Crippen molar-refractivity contribution in [3.05, 3.63) is 51.4 Å². The molecule has 3 aliphatic rings. The highest BCUT2D eigenvalue weighted by molar-refractivity contribution is 7.95. The van der Waals surface area contributed by atoms with Crippen LogP contribution >= 0.6 is 0 Å². The molecule has 25 heavy (non-hydrogen) atoms. The molecular formula is C17H15N3O4S. The minimum atomic E-state index is -3.78. The zero-order valence-electron chi connectivity index (χ0n) is 13.4. The van der Waals surface area contributed by atoms with Gasteiger partial charge in [0.2, 0.25) is 11.8 Å². The number of carbonyl (C=O) groups is 1. The topological polar surface area (TPSA) is 122 Å².